The highest BCUT2D eigenvalue weighted by molar-refractivity contribution is 5.75. The van der Waals surface area contributed by atoms with Crippen LogP contribution >= 0.6 is 0 Å². The Bertz CT molecular complexity index is 337. The zero-order valence-corrected chi connectivity index (χ0v) is 12.8. The summed E-state index contributed by atoms with van der Waals surface area (Å²) in [5.41, 5.74) is 2.84. The van der Waals surface area contributed by atoms with Crippen molar-refractivity contribution in [2.24, 2.45) is 11.8 Å². The molecule has 6 nitrogen and oxygen atoms in total. The van der Waals surface area contributed by atoms with Crippen molar-refractivity contribution < 1.29 is 14.7 Å². The number of urea groups is 1. The molecule has 116 valence electrons. The molecule has 1 saturated heterocycles. The molecule has 0 aliphatic carbocycles. The van der Waals surface area contributed by atoms with Crippen molar-refractivity contribution in [3.05, 3.63) is 0 Å². The molecule has 0 spiro atoms. The number of carbonyl (C=O) groups is 2. The number of hydrogen-bond donors (Lipinski definition) is 3. The second kappa shape index (κ2) is 7.47. The topological polar surface area (TPSA) is 81.7 Å². The summed E-state index contributed by atoms with van der Waals surface area (Å²) in [5.74, 6) is -1.45. The quantitative estimate of drug-likeness (QED) is 0.719. The van der Waals surface area contributed by atoms with Crippen LogP contribution in [0, 0.1) is 11.8 Å². The highest BCUT2D eigenvalue weighted by atomic mass is 16.4. The summed E-state index contributed by atoms with van der Waals surface area (Å²) in [7, 11) is 0. The number of piperidine rings is 1. The number of hydrogen-bond acceptors (Lipinski definition) is 3. The SMILES string of the molecule is CC(C)C(CNC(=O)NN1C(C)CCCC1C)C(=O)O. The fraction of sp³-hybridized carbons (Fsp3) is 0.857. The van der Waals surface area contributed by atoms with Crippen molar-refractivity contribution in [1.82, 2.24) is 15.8 Å². The van der Waals surface area contributed by atoms with Gasteiger partial charge in [-0.1, -0.05) is 20.3 Å². The first-order valence-corrected chi connectivity index (χ1v) is 7.38. The summed E-state index contributed by atoms with van der Waals surface area (Å²) >= 11 is 0. The Morgan fingerprint density at radius 2 is 1.80 bits per heavy atom. The van der Waals surface area contributed by atoms with Gasteiger partial charge in [0.15, 0.2) is 0 Å². The largest absolute Gasteiger partial charge is 0.481 e. The van der Waals surface area contributed by atoms with Crippen molar-refractivity contribution in [1.29, 1.82) is 0 Å². The summed E-state index contributed by atoms with van der Waals surface area (Å²) in [5, 5.41) is 13.7. The van der Waals surface area contributed by atoms with E-state index in [0.717, 1.165) is 12.8 Å². The maximum atomic E-state index is 11.9. The number of nitrogens with zero attached hydrogens (tertiary/aromatic N) is 1. The number of amides is 2. The molecule has 1 rings (SSSR count). The molecule has 0 aromatic rings. The zero-order valence-electron chi connectivity index (χ0n) is 12.8. The average molecular weight is 285 g/mol. The van der Waals surface area contributed by atoms with E-state index in [1.165, 1.54) is 6.42 Å². The second-order valence-electron chi connectivity index (χ2n) is 6.05. The van der Waals surface area contributed by atoms with Crippen LogP contribution in [0.3, 0.4) is 0 Å². The van der Waals surface area contributed by atoms with Crippen molar-refractivity contribution in [2.75, 3.05) is 6.54 Å². The number of carboxylic acid groups (broad SMARTS) is 1. The summed E-state index contributed by atoms with van der Waals surface area (Å²) in [4.78, 5) is 23.0. The van der Waals surface area contributed by atoms with Crippen LogP contribution in [0.2, 0.25) is 0 Å². The van der Waals surface area contributed by atoms with Crippen LogP contribution in [-0.2, 0) is 4.79 Å². The fourth-order valence-electron chi connectivity index (χ4n) is 2.61. The van der Waals surface area contributed by atoms with Crippen LogP contribution in [0.15, 0.2) is 0 Å². The van der Waals surface area contributed by atoms with Gasteiger partial charge in [-0.2, -0.15) is 0 Å². The molecule has 0 saturated carbocycles. The maximum absolute atomic E-state index is 11.9. The summed E-state index contributed by atoms with van der Waals surface area (Å²) in [6, 6.07) is 0.298. The standard InChI is InChI=1S/C14H27N3O3/c1-9(2)12(13(18)19)8-15-14(20)16-17-10(3)6-5-7-11(17)4/h9-12H,5-8H2,1-4H3,(H,18,19)(H2,15,16,20). The molecule has 0 radical (unpaired) electrons. The fourth-order valence-corrected chi connectivity index (χ4v) is 2.61. The van der Waals surface area contributed by atoms with Crippen LogP contribution in [0.1, 0.15) is 47.0 Å². The first-order valence-electron chi connectivity index (χ1n) is 7.38. The zero-order chi connectivity index (χ0) is 15.3. The maximum Gasteiger partial charge on any atom is 0.329 e. The molecule has 0 aromatic carbocycles. The van der Waals surface area contributed by atoms with Crippen LogP contribution in [0.4, 0.5) is 4.79 Å². The molecule has 1 aliphatic rings. The van der Waals surface area contributed by atoms with Gasteiger partial charge in [-0.15, -0.1) is 0 Å². The molecule has 2 amide bonds. The van der Waals surface area contributed by atoms with Crippen molar-refractivity contribution >= 4 is 12.0 Å². The minimum absolute atomic E-state index is 0.0133. The lowest BCUT2D eigenvalue weighted by molar-refractivity contribution is -0.142. The highest BCUT2D eigenvalue weighted by Crippen LogP contribution is 2.20. The second-order valence-corrected chi connectivity index (χ2v) is 6.05. The molecule has 1 aliphatic heterocycles. The minimum atomic E-state index is -0.875. The normalized spacial score (nSPS) is 25.2. The van der Waals surface area contributed by atoms with Crippen LogP contribution in [0.25, 0.3) is 0 Å². The van der Waals surface area contributed by atoms with Crippen molar-refractivity contribution in [3.63, 3.8) is 0 Å². The van der Waals surface area contributed by atoms with Gasteiger partial charge in [0, 0.05) is 18.6 Å². The Kier molecular flexibility index (Phi) is 6.26. The molecule has 1 heterocycles. The van der Waals surface area contributed by atoms with Gasteiger partial charge < -0.3 is 10.4 Å². The minimum Gasteiger partial charge on any atom is -0.481 e. The Balaban J connectivity index is 2.44. The monoisotopic (exact) mass is 285 g/mol. The van der Waals surface area contributed by atoms with Gasteiger partial charge >= 0.3 is 12.0 Å². The van der Waals surface area contributed by atoms with E-state index in [9.17, 15) is 9.59 Å². The molecule has 20 heavy (non-hydrogen) atoms. The Morgan fingerprint density at radius 3 is 2.25 bits per heavy atom. The third-order valence-corrected chi connectivity index (χ3v) is 4.03. The molecule has 6 heteroatoms. The van der Waals surface area contributed by atoms with Crippen molar-refractivity contribution in [2.45, 2.75) is 59.0 Å². The lowest BCUT2D eigenvalue weighted by atomic mass is 9.96. The number of aliphatic carboxylic acids is 1. The summed E-state index contributed by atoms with van der Waals surface area (Å²) < 4.78 is 0. The van der Waals surface area contributed by atoms with Crippen LogP contribution in [-0.4, -0.2) is 40.7 Å². The average Bonchev–Trinajstić information content (AvgIpc) is 2.33. The Hall–Kier alpha value is -1.30. The number of rotatable bonds is 5. The number of carbonyl (C=O) groups excluding carboxylic acids is 1. The van der Waals surface area contributed by atoms with E-state index in [-0.39, 0.29) is 18.5 Å². The van der Waals surface area contributed by atoms with E-state index < -0.39 is 11.9 Å². The molecule has 1 fully saturated rings. The molecule has 3 N–H and O–H groups in total. The van der Waals surface area contributed by atoms with E-state index in [2.05, 4.69) is 24.6 Å². The number of nitrogens with one attached hydrogen (secondary N) is 2. The third kappa shape index (κ3) is 4.67. The van der Waals surface area contributed by atoms with Gasteiger partial charge in [-0.3, -0.25) is 10.2 Å². The third-order valence-electron chi connectivity index (χ3n) is 4.03. The van der Waals surface area contributed by atoms with E-state index in [4.69, 9.17) is 5.11 Å². The lowest BCUT2D eigenvalue weighted by Gasteiger charge is -2.38. The highest BCUT2D eigenvalue weighted by Gasteiger charge is 2.27. The molecule has 3 unspecified atom stereocenters. The van der Waals surface area contributed by atoms with Gasteiger partial charge in [-0.05, 0) is 32.6 Å². The molecule has 3 atom stereocenters. The van der Waals surface area contributed by atoms with Crippen LogP contribution < -0.4 is 10.7 Å². The van der Waals surface area contributed by atoms with Gasteiger partial charge in [0.1, 0.15) is 0 Å². The lowest BCUT2D eigenvalue weighted by Crippen LogP contribution is -2.57. The van der Waals surface area contributed by atoms with Gasteiger partial charge in [0.2, 0.25) is 0 Å². The van der Waals surface area contributed by atoms with E-state index in [1.54, 1.807) is 0 Å². The van der Waals surface area contributed by atoms with E-state index in [0.29, 0.717) is 12.1 Å². The van der Waals surface area contributed by atoms with E-state index >= 15 is 0 Å². The molecular weight excluding hydrogens is 258 g/mol. The molecular formula is C14H27N3O3. The Labute approximate surface area is 120 Å². The number of hydrazine groups is 1. The van der Waals surface area contributed by atoms with E-state index in [1.807, 2.05) is 18.9 Å². The number of carboxylic acids is 1. The van der Waals surface area contributed by atoms with Gasteiger partial charge in [0.25, 0.3) is 0 Å². The first-order chi connectivity index (χ1) is 9.32. The van der Waals surface area contributed by atoms with Crippen LogP contribution in [0.5, 0.6) is 0 Å². The first kappa shape index (κ1) is 16.8. The Morgan fingerprint density at radius 1 is 1.25 bits per heavy atom. The smallest absolute Gasteiger partial charge is 0.329 e. The molecule has 0 aromatic heterocycles. The van der Waals surface area contributed by atoms with Gasteiger partial charge in [0.05, 0.1) is 5.92 Å². The van der Waals surface area contributed by atoms with Gasteiger partial charge in [-0.25, -0.2) is 9.80 Å². The predicted octanol–water partition coefficient (Wildman–Crippen LogP) is 1.82. The van der Waals surface area contributed by atoms with Crippen molar-refractivity contribution in [3.8, 4) is 0 Å². The molecule has 0 bridgehead atoms. The summed E-state index contributed by atoms with van der Waals surface area (Å²) in [6.45, 7) is 8.00. The summed E-state index contributed by atoms with van der Waals surface area (Å²) in [6.07, 6.45) is 3.30. The predicted molar refractivity (Wildman–Crippen MR) is 77.1 cm³/mol.